The maximum atomic E-state index is 11.9. The van der Waals surface area contributed by atoms with Gasteiger partial charge in [0.05, 0.1) is 18.0 Å². The van der Waals surface area contributed by atoms with Crippen LogP contribution in [0.15, 0.2) is 6.20 Å². The standard InChI is InChI=1S/C10H14N4O4S/c15-10(16)9-5-14(12-11-9)8-3-13(4-8)19(17,18)6-7-1-2-7/h5,7-8H,1-4,6H2,(H,15,16). The Morgan fingerprint density at radius 1 is 1.42 bits per heavy atom. The summed E-state index contributed by atoms with van der Waals surface area (Å²) in [5.41, 5.74) is -0.126. The molecule has 0 amide bonds. The first-order valence-corrected chi connectivity index (χ1v) is 7.69. The number of hydrogen-bond acceptors (Lipinski definition) is 5. The second-order valence-corrected chi connectivity index (χ2v) is 7.10. The molecule has 104 valence electrons. The third-order valence-corrected chi connectivity index (χ3v) is 5.45. The zero-order valence-corrected chi connectivity index (χ0v) is 11.0. The molecular formula is C10H14N4O4S. The Bertz CT molecular complexity index is 601. The van der Waals surface area contributed by atoms with E-state index < -0.39 is 16.0 Å². The highest BCUT2D eigenvalue weighted by Gasteiger charge is 2.40. The first-order chi connectivity index (χ1) is 8.95. The van der Waals surface area contributed by atoms with Crippen LogP contribution < -0.4 is 0 Å². The van der Waals surface area contributed by atoms with Crippen LogP contribution in [0.4, 0.5) is 0 Å². The fraction of sp³-hybridized carbons (Fsp3) is 0.700. The van der Waals surface area contributed by atoms with E-state index in [2.05, 4.69) is 10.3 Å². The molecule has 19 heavy (non-hydrogen) atoms. The summed E-state index contributed by atoms with van der Waals surface area (Å²) in [5.74, 6) is -0.574. The van der Waals surface area contributed by atoms with Gasteiger partial charge in [-0.3, -0.25) is 0 Å². The van der Waals surface area contributed by atoms with Gasteiger partial charge >= 0.3 is 5.97 Å². The third-order valence-electron chi connectivity index (χ3n) is 3.47. The van der Waals surface area contributed by atoms with Gasteiger partial charge in [0.2, 0.25) is 10.0 Å². The molecule has 1 aromatic rings. The Morgan fingerprint density at radius 2 is 2.11 bits per heavy atom. The molecule has 0 aromatic carbocycles. The highest BCUT2D eigenvalue weighted by Crippen LogP contribution is 2.33. The van der Waals surface area contributed by atoms with Crippen LogP contribution in [-0.4, -0.2) is 57.6 Å². The molecule has 9 heteroatoms. The lowest BCUT2D eigenvalue weighted by atomic mass is 10.2. The van der Waals surface area contributed by atoms with E-state index in [-0.39, 0.29) is 17.5 Å². The first kappa shape index (κ1) is 12.5. The predicted molar refractivity (Wildman–Crippen MR) is 64.1 cm³/mol. The molecule has 0 radical (unpaired) electrons. The van der Waals surface area contributed by atoms with Gasteiger partial charge in [0.1, 0.15) is 0 Å². The third kappa shape index (κ3) is 2.47. The fourth-order valence-corrected chi connectivity index (χ4v) is 3.99. The SMILES string of the molecule is O=C(O)c1cn(C2CN(S(=O)(=O)CC3CC3)C2)nn1. The maximum absolute atomic E-state index is 11.9. The van der Waals surface area contributed by atoms with E-state index in [9.17, 15) is 13.2 Å². The molecule has 1 saturated heterocycles. The van der Waals surface area contributed by atoms with Crippen molar-refractivity contribution in [2.45, 2.75) is 18.9 Å². The summed E-state index contributed by atoms with van der Waals surface area (Å²) in [6, 6.07) is -0.116. The fourth-order valence-electron chi connectivity index (χ4n) is 2.05. The van der Waals surface area contributed by atoms with Gasteiger partial charge in [0.15, 0.2) is 5.69 Å². The van der Waals surface area contributed by atoms with E-state index in [1.165, 1.54) is 15.2 Å². The number of nitrogens with zero attached hydrogens (tertiary/aromatic N) is 4. The van der Waals surface area contributed by atoms with E-state index in [1.807, 2.05) is 0 Å². The Labute approximate surface area is 110 Å². The zero-order valence-electron chi connectivity index (χ0n) is 10.1. The van der Waals surface area contributed by atoms with E-state index in [1.54, 1.807) is 0 Å². The molecule has 0 spiro atoms. The van der Waals surface area contributed by atoms with Crippen molar-refractivity contribution in [2.24, 2.45) is 5.92 Å². The number of aromatic carboxylic acids is 1. The van der Waals surface area contributed by atoms with Gasteiger partial charge in [-0.15, -0.1) is 5.10 Å². The molecule has 8 nitrogen and oxygen atoms in total. The molecule has 1 N–H and O–H groups in total. The lowest BCUT2D eigenvalue weighted by molar-refractivity contribution is 0.0690. The van der Waals surface area contributed by atoms with Crippen molar-refractivity contribution in [3.05, 3.63) is 11.9 Å². The number of rotatable bonds is 5. The van der Waals surface area contributed by atoms with E-state index >= 15 is 0 Å². The van der Waals surface area contributed by atoms with Crippen LogP contribution in [0.3, 0.4) is 0 Å². The number of sulfonamides is 1. The minimum absolute atomic E-state index is 0.116. The van der Waals surface area contributed by atoms with Crippen LogP contribution in [0.1, 0.15) is 29.4 Å². The molecule has 1 aliphatic carbocycles. The summed E-state index contributed by atoms with van der Waals surface area (Å²) in [4.78, 5) is 10.7. The van der Waals surface area contributed by atoms with Crippen LogP contribution >= 0.6 is 0 Å². The second-order valence-electron chi connectivity index (χ2n) is 5.08. The Kier molecular flexibility index (Phi) is 2.82. The summed E-state index contributed by atoms with van der Waals surface area (Å²) in [6.45, 7) is 0.689. The molecule has 0 bridgehead atoms. The number of carbonyl (C=O) groups is 1. The Morgan fingerprint density at radius 3 is 2.63 bits per heavy atom. The Hall–Kier alpha value is -1.48. The topological polar surface area (TPSA) is 105 Å². The van der Waals surface area contributed by atoms with Crippen molar-refractivity contribution in [3.63, 3.8) is 0 Å². The quantitative estimate of drug-likeness (QED) is 0.787. The molecule has 1 aromatic heterocycles. The minimum Gasteiger partial charge on any atom is -0.476 e. The summed E-state index contributed by atoms with van der Waals surface area (Å²) >= 11 is 0. The molecular weight excluding hydrogens is 272 g/mol. The molecule has 2 fully saturated rings. The highest BCUT2D eigenvalue weighted by molar-refractivity contribution is 7.89. The summed E-state index contributed by atoms with van der Waals surface area (Å²) < 4.78 is 26.7. The van der Waals surface area contributed by atoms with Crippen molar-refractivity contribution in [1.82, 2.24) is 19.3 Å². The lowest BCUT2D eigenvalue weighted by Gasteiger charge is -2.37. The molecule has 0 atom stereocenters. The molecule has 0 unspecified atom stereocenters. The zero-order chi connectivity index (χ0) is 13.6. The monoisotopic (exact) mass is 286 g/mol. The molecule has 3 rings (SSSR count). The largest absolute Gasteiger partial charge is 0.476 e. The van der Waals surface area contributed by atoms with Gasteiger partial charge in [0, 0.05) is 13.1 Å². The minimum atomic E-state index is -3.16. The summed E-state index contributed by atoms with van der Waals surface area (Å²) in [5, 5.41) is 16.0. The normalized spacial score (nSPS) is 21.3. The molecule has 2 heterocycles. The van der Waals surface area contributed by atoms with Gasteiger partial charge < -0.3 is 5.11 Å². The number of carboxylic acids is 1. The molecule has 1 aliphatic heterocycles. The van der Waals surface area contributed by atoms with Crippen molar-refractivity contribution in [3.8, 4) is 0 Å². The number of hydrogen-bond donors (Lipinski definition) is 1. The Balaban J connectivity index is 1.60. The van der Waals surface area contributed by atoms with Gasteiger partial charge in [-0.25, -0.2) is 17.9 Å². The van der Waals surface area contributed by atoms with Crippen LogP contribution in [-0.2, 0) is 10.0 Å². The first-order valence-electron chi connectivity index (χ1n) is 6.08. The number of aromatic nitrogens is 3. The maximum Gasteiger partial charge on any atom is 0.358 e. The van der Waals surface area contributed by atoms with Crippen molar-refractivity contribution in [2.75, 3.05) is 18.8 Å². The van der Waals surface area contributed by atoms with E-state index in [0.717, 1.165) is 12.8 Å². The van der Waals surface area contributed by atoms with Gasteiger partial charge in [0.25, 0.3) is 0 Å². The van der Waals surface area contributed by atoms with Gasteiger partial charge in [-0.05, 0) is 18.8 Å². The molecule has 1 saturated carbocycles. The van der Waals surface area contributed by atoms with Crippen LogP contribution in [0.2, 0.25) is 0 Å². The summed E-state index contributed by atoms with van der Waals surface area (Å²) in [7, 11) is -3.16. The van der Waals surface area contributed by atoms with Crippen molar-refractivity contribution >= 4 is 16.0 Å². The van der Waals surface area contributed by atoms with Crippen LogP contribution in [0.5, 0.6) is 0 Å². The lowest BCUT2D eigenvalue weighted by Crippen LogP contribution is -2.51. The highest BCUT2D eigenvalue weighted by atomic mass is 32.2. The second kappa shape index (κ2) is 4.27. The van der Waals surface area contributed by atoms with E-state index in [4.69, 9.17) is 5.11 Å². The van der Waals surface area contributed by atoms with Gasteiger partial charge in [-0.1, -0.05) is 5.21 Å². The number of carboxylic acid groups (broad SMARTS) is 1. The van der Waals surface area contributed by atoms with Crippen molar-refractivity contribution < 1.29 is 18.3 Å². The predicted octanol–water partition coefficient (Wildman–Crippen LogP) is -0.427. The smallest absolute Gasteiger partial charge is 0.358 e. The van der Waals surface area contributed by atoms with Gasteiger partial charge in [-0.2, -0.15) is 4.31 Å². The molecule has 2 aliphatic rings. The van der Waals surface area contributed by atoms with Crippen molar-refractivity contribution in [1.29, 1.82) is 0 Å². The van der Waals surface area contributed by atoms with E-state index in [0.29, 0.717) is 19.0 Å². The summed E-state index contributed by atoms with van der Waals surface area (Å²) in [6.07, 6.45) is 3.33. The average molecular weight is 286 g/mol. The van der Waals surface area contributed by atoms with Crippen LogP contribution in [0.25, 0.3) is 0 Å². The average Bonchev–Trinajstić information content (AvgIpc) is 2.91. The van der Waals surface area contributed by atoms with Crippen LogP contribution in [0, 0.1) is 5.92 Å².